The molecule has 2 heterocycles. The first-order chi connectivity index (χ1) is 12.4. The maximum absolute atomic E-state index is 13.3. The molecule has 132 valence electrons. The zero-order valence-corrected chi connectivity index (χ0v) is 13.3. The van der Waals surface area contributed by atoms with E-state index in [9.17, 15) is 18.4 Å². The van der Waals surface area contributed by atoms with E-state index in [0.29, 0.717) is 11.3 Å². The first kappa shape index (κ1) is 16.1. The van der Waals surface area contributed by atoms with Crippen LogP contribution in [0.2, 0.25) is 0 Å². The van der Waals surface area contributed by atoms with Crippen molar-refractivity contribution in [3.05, 3.63) is 53.1 Å². The van der Waals surface area contributed by atoms with Crippen molar-refractivity contribution in [1.82, 2.24) is 0 Å². The molecule has 0 aliphatic carbocycles. The number of anilines is 1. The van der Waals surface area contributed by atoms with Crippen LogP contribution in [0.5, 0.6) is 11.5 Å². The number of carbonyl (C=O) groups excluding carboxylic acids is 2. The van der Waals surface area contributed by atoms with E-state index in [1.807, 2.05) is 0 Å². The lowest BCUT2D eigenvalue weighted by atomic mass is 10.0. The summed E-state index contributed by atoms with van der Waals surface area (Å²) >= 11 is 0. The Morgan fingerprint density at radius 1 is 1.23 bits per heavy atom. The molecule has 2 aromatic rings. The highest BCUT2D eigenvalue weighted by molar-refractivity contribution is 6.35. The zero-order chi connectivity index (χ0) is 18.5. The Balaban J connectivity index is 1.77. The summed E-state index contributed by atoms with van der Waals surface area (Å²) < 4.78 is 40.2. The van der Waals surface area contributed by atoms with E-state index >= 15 is 0 Å². The highest BCUT2D eigenvalue weighted by Crippen LogP contribution is 2.45. The van der Waals surface area contributed by atoms with Crippen LogP contribution >= 0.6 is 0 Å². The third-order valence-corrected chi connectivity index (χ3v) is 3.98. The Morgan fingerprint density at radius 2 is 2.04 bits per heavy atom. The number of esters is 1. The van der Waals surface area contributed by atoms with Gasteiger partial charge in [0.1, 0.15) is 0 Å². The summed E-state index contributed by atoms with van der Waals surface area (Å²) in [6.07, 6.45) is -2.31. The molecule has 26 heavy (non-hydrogen) atoms. The highest BCUT2D eigenvalue weighted by Gasteiger charge is 2.44. The molecule has 0 aromatic heterocycles. The van der Waals surface area contributed by atoms with Gasteiger partial charge in [0.2, 0.25) is 0 Å². The van der Waals surface area contributed by atoms with Gasteiger partial charge in [0.15, 0.2) is 11.5 Å². The number of carbonyl (C=O) groups is 2. The molecule has 2 aliphatic rings. The fourth-order valence-corrected chi connectivity index (χ4v) is 2.84. The second-order valence-corrected chi connectivity index (χ2v) is 5.61. The van der Waals surface area contributed by atoms with Crippen molar-refractivity contribution < 1.29 is 32.6 Å². The summed E-state index contributed by atoms with van der Waals surface area (Å²) in [5, 5.41) is 2.64. The van der Waals surface area contributed by atoms with Gasteiger partial charge in [0, 0.05) is 22.4 Å². The van der Waals surface area contributed by atoms with E-state index < -0.39 is 18.2 Å². The molecule has 0 fully saturated rings. The average Bonchev–Trinajstić information content (AvgIpc) is 3.09. The van der Waals surface area contributed by atoms with Gasteiger partial charge < -0.3 is 19.5 Å². The predicted molar refractivity (Wildman–Crippen MR) is 86.9 cm³/mol. The quantitative estimate of drug-likeness (QED) is 0.658. The number of halogens is 2. The topological polar surface area (TPSA) is 73.9 Å². The van der Waals surface area contributed by atoms with E-state index in [-0.39, 0.29) is 28.2 Å². The van der Waals surface area contributed by atoms with Gasteiger partial charge in [-0.1, -0.05) is 18.2 Å². The molecule has 0 atom stereocenters. The summed E-state index contributed by atoms with van der Waals surface area (Å²) in [4.78, 5) is 23.9. The summed E-state index contributed by atoms with van der Waals surface area (Å²) in [5.41, 5.74) is 1.77. The van der Waals surface area contributed by atoms with Crippen molar-refractivity contribution in [2.75, 3.05) is 12.4 Å². The maximum atomic E-state index is 13.3. The van der Waals surface area contributed by atoms with Crippen LogP contribution < -0.4 is 14.8 Å². The van der Waals surface area contributed by atoms with Crippen molar-refractivity contribution in [2.45, 2.75) is 6.29 Å². The fourth-order valence-electron chi connectivity index (χ4n) is 2.84. The molecule has 0 spiro atoms. The SMILES string of the molecule is COC(=O)c1ccc2c(c1)NC(=O)C2=Cc1cccc2c1OC(F)(F)O2. The van der Waals surface area contributed by atoms with Crippen molar-refractivity contribution in [3.8, 4) is 11.5 Å². The normalized spacial score (nSPS) is 17.8. The molecule has 0 unspecified atom stereocenters. The second-order valence-electron chi connectivity index (χ2n) is 5.61. The smallest absolute Gasteiger partial charge is 0.465 e. The van der Waals surface area contributed by atoms with Crippen molar-refractivity contribution in [3.63, 3.8) is 0 Å². The molecular weight excluding hydrogens is 348 g/mol. The van der Waals surface area contributed by atoms with Gasteiger partial charge in [-0.05, 0) is 24.3 Å². The van der Waals surface area contributed by atoms with Gasteiger partial charge >= 0.3 is 12.3 Å². The number of hydrogen-bond acceptors (Lipinski definition) is 5. The first-order valence-corrected chi connectivity index (χ1v) is 7.52. The molecule has 0 saturated carbocycles. The third-order valence-electron chi connectivity index (χ3n) is 3.98. The average molecular weight is 359 g/mol. The minimum Gasteiger partial charge on any atom is -0.465 e. The number of fused-ring (bicyclic) bond motifs is 2. The number of methoxy groups -OCH3 is 1. The van der Waals surface area contributed by atoms with E-state index in [1.165, 1.54) is 43.5 Å². The van der Waals surface area contributed by atoms with Crippen LogP contribution in [0, 0.1) is 0 Å². The van der Waals surface area contributed by atoms with Crippen LogP contribution in [0.1, 0.15) is 21.5 Å². The van der Waals surface area contributed by atoms with Crippen LogP contribution in [0.3, 0.4) is 0 Å². The number of amides is 1. The van der Waals surface area contributed by atoms with Crippen molar-refractivity contribution >= 4 is 29.2 Å². The maximum Gasteiger partial charge on any atom is 0.586 e. The lowest BCUT2D eigenvalue weighted by molar-refractivity contribution is -0.286. The summed E-state index contributed by atoms with van der Waals surface area (Å²) in [6, 6.07) is 8.99. The Kier molecular flexibility index (Phi) is 3.43. The third kappa shape index (κ3) is 2.55. The number of nitrogens with one attached hydrogen (secondary N) is 1. The standard InChI is InChI=1S/C18H11F2NO5/c1-24-17(23)10-5-6-11-12(16(22)21-13(11)8-10)7-9-3-2-4-14-15(9)26-18(19,20)25-14/h2-8H,1H3,(H,21,22). The molecule has 1 N–H and O–H groups in total. The van der Waals surface area contributed by atoms with E-state index in [4.69, 9.17) is 0 Å². The second kappa shape index (κ2) is 5.55. The van der Waals surface area contributed by atoms with Crippen LogP contribution in [0.15, 0.2) is 36.4 Å². The van der Waals surface area contributed by atoms with Crippen molar-refractivity contribution in [2.24, 2.45) is 0 Å². The molecule has 2 aliphatic heterocycles. The number of para-hydroxylation sites is 1. The molecule has 2 aromatic carbocycles. The highest BCUT2D eigenvalue weighted by atomic mass is 19.3. The van der Waals surface area contributed by atoms with Gasteiger partial charge in [-0.2, -0.15) is 0 Å². The predicted octanol–water partition coefficient (Wildman–Crippen LogP) is 3.29. The minimum absolute atomic E-state index is 0.107. The fraction of sp³-hybridized carbons (Fsp3) is 0.111. The zero-order valence-electron chi connectivity index (χ0n) is 13.3. The molecular formula is C18H11F2NO5. The van der Waals surface area contributed by atoms with E-state index in [2.05, 4.69) is 19.5 Å². The largest absolute Gasteiger partial charge is 0.586 e. The van der Waals surface area contributed by atoms with Gasteiger partial charge in [-0.15, -0.1) is 8.78 Å². The number of rotatable bonds is 2. The Hall–Kier alpha value is -3.42. The van der Waals surface area contributed by atoms with Crippen molar-refractivity contribution in [1.29, 1.82) is 0 Å². The lowest BCUT2D eigenvalue weighted by Gasteiger charge is -2.06. The molecule has 8 heteroatoms. The minimum atomic E-state index is -3.75. The molecule has 1 amide bonds. The van der Waals surface area contributed by atoms with Crippen LogP contribution in [-0.2, 0) is 9.53 Å². The summed E-state index contributed by atoms with van der Waals surface area (Å²) in [6.45, 7) is 0. The van der Waals surface area contributed by atoms with Crippen LogP contribution in [-0.4, -0.2) is 25.3 Å². The van der Waals surface area contributed by atoms with E-state index in [1.54, 1.807) is 6.07 Å². The number of hydrogen-bond donors (Lipinski definition) is 1. The monoisotopic (exact) mass is 359 g/mol. The van der Waals surface area contributed by atoms with Gasteiger partial charge in [0.05, 0.1) is 12.7 Å². The molecule has 0 saturated heterocycles. The Labute approximate surface area is 146 Å². The van der Waals surface area contributed by atoms with E-state index in [0.717, 1.165) is 0 Å². The molecule has 6 nitrogen and oxygen atoms in total. The van der Waals surface area contributed by atoms with Gasteiger partial charge in [-0.3, -0.25) is 4.79 Å². The number of alkyl halides is 2. The summed E-state index contributed by atoms with van der Waals surface area (Å²) in [5.74, 6) is -1.21. The molecule has 0 radical (unpaired) electrons. The Bertz CT molecular complexity index is 984. The van der Waals surface area contributed by atoms with Gasteiger partial charge in [-0.25, -0.2) is 4.79 Å². The first-order valence-electron chi connectivity index (χ1n) is 7.52. The van der Waals surface area contributed by atoms with Crippen LogP contribution in [0.25, 0.3) is 11.6 Å². The van der Waals surface area contributed by atoms with Gasteiger partial charge in [0.25, 0.3) is 5.91 Å². The number of benzene rings is 2. The number of ether oxygens (including phenoxy) is 3. The van der Waals surface area contributed by atoms with Crippen LogP contribution in [0.4, 0.5) is 14.5 Å². The summed E-state index contributed by atoms with van der Waals surface area (Å²) in [7, 11) is 1.26. The molecule has 0 bridgehead atoms. The lowest BCUT2D eigenvalue weighted by Crippen LogP contribution is -2.26. The Morgan fingerprint density at radius 3 is 2.81 bits per heavy atom. The molecule has 4 rings (SSSR count).